The summed E-state index contributed by atoms with van der Waals surface area (Å²) >= 11 is 0. The minimum atomic E-state index is -1.77. The normalized spacial score (nSPS) is 31.1. The summed E-state index contributed by atoms with van der Waals surface area (Å²) in [7, 11) is -0.649. The number of methoxy groups -OCH3 is 1. The molecule has 2 unspecified atom stereocenters. The first-order chi connectivity index (χ1) is 19.9. The number of carbonyl (C=O) groups is 3. The van der Waals surface area contributed by atoms with Gasteiger partial charge in [0.1, 0.15) is 17.7 Å². The highest BCUT2D eigenvalue weighted by molar-refractivity contribution is 6.76. The Morgan fingerprint density at radius 3 is 2.42 bits per heavy atom. The summed E-state index contributed by atoms with van der Waals surface area (Å²) in [5.74, 6) is 0.272. The van der Waals surface area contributed by atoms with E-state index < -0.39 is 39.0 Å². The third-order valence-corrected chi connectivity index (χ3v) is 11.8. The second-order valence-corrected chi connectivity index (χ2v) is 21.8. The molecule has 10 nitrogen and oxygen atoms in total. The van der Waals surface area contributed by atoms with Crippen molar-refractivity contribution in [2.45, 2.75) is 141 Å². The Morgan fingerprint density at radius 1 is 1.12 bits per heavy atom. The van der Waals surface area contributed by atoms with Crippen molar-refractivity contribution in [3.63, 3.8) is 0 Å². The zero-order valence-electron chi connectivity index (χ0n) is 28.2. The number of hydrogen-bond donors (Lipinski definition) is 2. The Morgan fingerprint density at radius 2 is 1.81 bits per heavy atom. The number of nitrogens with one attached hydrogen (secondary N) is 2. The van der Waals surface area contributed by atoms with Gasteiger partial charge in [-0.2, -0.15) is 0 Å². The molecule has 7 atom stereocenters. The molecule has 2 heterocycles. The summed E-state index contributed by atoms with van der Waals surface area (Å²) in [4.78, 5) is 42.2. The molecule has 0 aromatic heterocycles. The van der Waals surface area contributed by atoms with E-state index in [-0.39, 0.29) is 34.9 Å². The van der Waals surface area contributed by atoms with Crippen LogP contribution in [0.1, 0.15) is 80.1 Å². The Kier molecular flexibility index (Phi) is 10.1. The van der Waals surface area contributed by atoms with Gasteiger partial charge in [0.15, 0.2) is 0 Å². The molecule has 244 valence electrons. The number of carbonyl (C=O) groups excluding carboxylic acids is 3. The average Bonchev–Trinajstić information content (AvgIpc) is 3.49. The van der Waals surface area contributed by atoms with Crippen molar-refractivity contribution in [3.8, 4) is 0 Å². The van der Waals surface area contributed by atoms with Crippen LogP contribution in [0.25, 0.3) is 0 Å². The van der Waals surface area contributed by atoms with Gasteiger partial charge in [-0.1, -0.05) is 33.5 Å². The first-order valence-electron chi connectivity index (χ1n) is 16.3. The monoisotopic (exact) mass is 621 g/mol. The topological polar surface area (TPSA) is 115 Å². The van der Waals surface area contributed by atoms with Gasteiger partial charge in [0.05, 0.1) is 17.6 Å². The van der Waals surface area contributed by atoms with Crippen LogP contribution in [0.2, 0.25) is 25.7 Å². The third kappa shape index (κ3) is 7.61. The van der Waals surface area contributed by atoms with Crippen LogP contribution >= 0.6 is 0 Å². The first kappa shape index (κ1) is 34.2. The summed E-state index contributed by atoms with van der Waals surface area (Å²) in [6.07, 6.45) is 4.21. The predicted octanol–water partition coefficient (Wildman–Crippen LogP) is 4.39. The molecule has 43 heavy (non-hydrogen) atoms. The van der Waals surface area contributed by atoms with Crippen LogP contribution in [0.5, 0.6) is 0 Å². The van der Waals surface area contributed by atoms with Crippen LogP contribution in [0.3, 0.4) is 0 Å². The van der Waals surface area contributed by atoms with Gasteiger partial charge in [0.25, 0.3) is 0 Å². The maximum Gasteiger partial charge on any atom is 0.481 e. The first-order valence-corrected chi connectivity index (χ1v) is 20.0. The number of nitrogens with zero attached hydrogens (tertiary/aromatic N) is 1. The molecule has 2 saturated heterocycles. The largest absolute Gasteiger partial charge is 0.481 e. The maximum atomic E-state index is 13.9. The lowest BCUT2D eigenvalue weighted by Crippen LogP contribution is -2.65. The Hall–Kier alpha value is -1.63. The SMILES string of the molecule is COCCCC(NC(=O)[C@@H]1CCCN1C(=O)[C@@H](C[Si](C)(C)C)NC(=O)OC(C)(C)C)B1OC2C[C@H]3C[C@H](C3(C)C)[C@]2(C)O1. The lowest BCUT2D eigenvalue weighted by Gasteiger charge is -2.64. The molecule has 0 radical (unpaired) electrons. The average molecular weight is 622 g/mol. The van der Waals surface area contributed by atoms with E-state index in [0.717, 1.165) is 25.7 Å². The molecule has 0 spiro atoms. The van der Waals surface area contributed by atoms with Crippen molar-refractivity contribution in [3.05, 3.63) is 0 Å². The number of hydrogen-bond acceptors (Lipinski definition) is 7. The van der Waals surface area contributed by atoms with Crippen LogP contribution in [-0.2, 0) is 28.4 Å². The number of rotatable bonds is 11. The Labute approximate surface area is 260 Å². The molecule has 2 N–H and O–H groups in total. The van der Waals surface area contributed by atoms with Crippen molar-refractivity contribution in [1.82, 2.24) is 15.5 Å². The minimum absolute atomic E-state index is 0.0157. The summed E-state index contributed by atoms with van der Waals surface area (Å²) < 4.78 is 24.1. The minimum Gasteiger partial charge on any atom is -0.444 e. The summed E-state index contributed by atoms with van der Waals surface area (Å²) in [5, 5.41) is 6.07. The molecule has 12 heteroatoms. The molecule has 3 saturated carbocycles. The van der Waals surface area contributed by atoms with E-state index in [0.29, 0.717) is 43.9 Å². The van der Waals surface area contributed by atoms with Crippen molar-refractivity contribution in [2.24, 2.45) is 17.3 Å². The van der Waals surface area contributed by atoms with E-state index >= 15 is 0 Å². The zero-order valence-corrected chi connectivity index (χ0v) is 29.2. The van der Waals surface area contributed by atoms with E-state index in [2.05, 4.69) is 51.0 Å². The highest BCUT2D eigenvalue weighted by atomic mass is 28.3. The van der Waals surface area contributed by atoms with Crippen molar-refractivity contribution < 1.29 is 33.2 Å². The van der Waals surface area contributed by atoms with Crippen molar-refractivity contribution in [1.29, 1.82) is 0 Å². The van der Waals surface area contributed by atoms with Gasteiger partial charge in [0, 0.05) is 28.3 Å². The van der Waals surface area contributed by atoms with Crippen molar-refractivity contribution >= 4 is 33.1 Å². The number of likely N-dealkylation sites (tertiary alicyclic amines) is 1. The van der Waals surface area contributed by atoms with Gasteiger partial charge in [-0.05, 0) is 89.5 Å². The second-order valence-electron chi connectivity index (χ2n) is 16.2. The molecule has 5 aliphatic rings. The van der Waals surface area contributed by atoms with E-state index in [1.54, 1.807) is 32.8 Å². The summed E-state index contributed by atoms with van der Waals surface area (Å²) in [6.45, 7) is 19.8. The fourth-order valence-electron chi connectivity index (χ4n) is 7.84. The van der Waals surface area contributed by atoms with Crippen LogP contribution in [-0.4, -0.2) is 93.6 Å². The van der Waals surface area contributed by atoms with Crippen LogP contribution in [0.4, 0.5) is 4.79 Å². The molecule has 5 rings (SSSR count). The summed E-state index contributed by atoms with van der Waals surface area (Å²) in [6, 6.07) is -0.808. The molecule has 2 bridgehead atoms. The molecule has 3 aliphatic carbocycles. The van der Waals surface area contributed by atoms with Crippen molar-refractivity contribution in [2.75, 3.05) is 20.3 Å². The standard InChI is InChI=1S/C31H56BN3O7Si/c1-29(2,3)40-28(38)33-21(19-43(8,9)10)27(37)35-15-11-13-22(35)26(36)34-25(14-12-16-39-7)32-41-24-18-20-17-23(30(20,4)5)31(24,6)42-32/h20-25H,11-19H2,1-10H3,(H,33,38)(H,34,36)/t20-,21-,22+,23-,24?,25?,31+/m1/s1. The Bertz CT molecular complexity index is 1050. The van der Waals surface area contributed by atoms with Gasteiger partial charge >= 0.3 is 13.2 Å². The van der Waals surface area contributed by atoms with Gasteiger partial charge in [-0.25, -0.2) is 4.79 Å². The fraction of sp³-hybridized carbons (Fsp3) is 0.903. The van der Waals surface area contributed by atoms with Crippen LogP contribution < -0.4 is 10.6 Å². The fourth-order valence-corrected chi connectivity index (χ4v) is 9.34. The molecule has 0 aromatic rings. The van der Waals surface area contributed by atoms with Gasteiger partial charge < -0.3 is 34.3 Å². The highest BCUT2D eigenvalue weighted by Gasteiger charge is 2.68. The highest BCUT2D eigenvalue weighted by Crippen LogP contribution is 2.65. The van der Waals surface area contributed by atoms with Crippen LogP contribution in [0.15, 0.2) is 0 Å². The number of amides is 3. The third-order valence-electron chi connectivity index (χ3n) is 10.1. The van der Waals surface area contributed by atoms with Gasteiger partial charge in [-0.3, -0.25) is 9.59 Å². The van der Waals surface area contributed by atoms with E-state index in [1.165, 1.54) is 0 Å². The molecule has 5 fully saturated rings. The van der Waals surface area contributed by atoms with E-state index in [1.807, 2.05) is 0 Å². The molecule has 2 aliphatic heterocycles. The van der Waals surface area contributed by atoms with Gasteiger partial charge in [-0.15, -0.1) is 0 Å². The molecular formula is C31H56BN3O7Si. The van der Waals surface area contributed by atoms with Gasteiger partial charge in [0.2, 0.25) is 11.8 Å². The maximum absolute atomic E-state index is 13.9. The lowest BCUT2D eigenvalue weighted by molar-refractivity contribution is -0.199. The number of alkyl carbamates (subject to hydrolysis) is 1. The lowest BCUT2D eigenvalue weighted by atomic mass is 9.43. The van der Waals surface area contributed by atoms with E-state index in [4.69, 9.17) is 18.8 Å². The summed E-state index contributed by atoms with van der Waals surface area (Å²) in [5.41, 5.74) is -0.831. The van der Waals surface area contributed by atoms with Crippen LogP contribution in [0, 0.1) is 17.3 Å². The zero-order chi connectivity index (χ0) is 32.0. The smallest absolute Gasteiger partial charge is 0.444 e. The molecule has 3 amide bonds. The quantitative estimate of drug-likeness (QED) is 0.260. The Balaban J connectivity index is 1.47. The predicted molar refractivity (Wildman–Crippen MR) is 169 cm³/mol. The van der Waals surface area contributed by atoms with E-state index in [9.17, 15) is 14.4 Å². The number of ether oxygens (including phenoxy) is 2. The molecular weight excluding hydrogens is 565 g/mol. The second kappa shape index (κ2) is 12.6. The molecule has 0 aromatic carbocycles.